The third-order valence-corrected chi connectivity index (χ3v) is 0.943. The predicted molar refractivity (Wildman–Crippen MR) is 40.0 cm³/mol. The zero-order valence-electron chi connectivity index (χ0n) is 6.62. The zero-order chi connectivity index (χ0) is 9.40. The van der Waals surface area contributed by atoms with Gasteiger partial charge in [-0.3, -0.25) is 9.59 Å². The molecule has 0 aromatic carbocycles. The SMILES string of the molecule is NCC(=O)OCCOC(=O)CN. The van der Waals surface area contributed by atoms with Gasteiger partial charge in [0.25, 0.3) is 0 Å². The summed E-state index contributed by atoms with van der Waals surface area (Å²) in [4.78, 5) is 20.8. The second kappa shape index (κ2) is 6.56. The minimum absolute atomic E-state index is 0.0156. The molecule has 6 heteroatoms. The molecule has 0 unspecified atom stereocenters. The Labute approximate surface area is 69.8 Å². The Morgan fingerprint density at radius 1 is 0.917 bits per heavy atom. The van der Waals surface area contributed by atoms with Gasteiger partial charge in [0, 0.05) is 0 Å². The third-order valence-electron chi connectivity index (χ3n) is 0.943. The van der Waals surface area contributed by atoms with E-state index in [0.717, 1.165) is 0 Å². The minimum atomic E-state index is -0.529. The van der Waals surface area contributed by atoms with Crippen LogP contribution in [0.4, 0.5) is 0 Å². The molecular formula is C6H12N2O4. The second-order valence-electron chi connectivity index (χ2n) is 1.85. The summed E-state index contributed by atoms with van der Waals surface area (Å²) in [7, 11) is 0. The van der Waals surface area contributed by atoms with Crippen LogP contribution >= 0.6 is 0 Å². The molecule has 0 fully saturated rings. The Hall–Kier alpha value is -1.14. The standard InChI is InChI=1S/C6H12N2O4/c7-3-5(9)11-1-2-12-6(10)4-8/h1-4,7-8H2. The van der Waals surface area contributed by atoms with Crippen molar-refractivity contribution in [2.45, 2.75) is 0 Å². The molecule has 0 aliphatic rings. The van der Waals surface area contributed by atoms with Crippen LogP contribution in [-0.4, -0.2) is 38.2 Å². The molecule has 0 saturated heterocycles. The summed E-state index contributed by atoms with van der Waals surface area (Å²) in [5.41, 5.74) is 9.88. The summed E-state index contributed by atoms with van der Waals surface area (Å²) in [6, 6.07) is 0. The Morgan fingerprint density at radius 2 is 1.25 bits per heavy atom. The second-order valence-corrected chi connectivity index (χ2v) is 1.85. The first-order valence-electron chi connectivity index (χ1n) is 3.42. The van der Waals surface area contributed by atoms with Gasteiger partial charge < -0.3 is 20.9 Å². The van der Waals surface area contributed by atoms with E-state index < -0.39 is 11.9 Å². The van der Waals surface area contributed by atoms with E-state index in [0.29, 0.717) is 0 Å². The number of hydrogen-bond donors (Lipinski definition) is 2. The molecule has 0 aromatic heterocycles. The van der Waals surface area contributed by atoms with Crippen molar-refractivity contribution in [1.82, 2.24) is 0 Å². The Morgan fingerprint density at radius 3 is 1.50 bits per heavy atom. The highest BCUT2D eigenvalue weighted by atomic mass is 16.6. The molecule has 12 heavy (non-hydrogen) atoms. The highest BCUT2D eigenvalue weighted by Gasteiger charge is 2.00. The van der Waals surface area contributed by atoms with Crippen LogP contribution in [0.15, 0.2) is 0 Å². The van der Waals surface area contributed by atoms with E-state index >= 15 is 0 Å². The van der Waals surface area contributed by atoms with Crippen LogP contribution < -0.4 is 11.5 Å². The molecule has 0 atom stereocenters. The van der Waals surface area contributed by atoms with Crippen molar-refractivity contribution >= 4 is 11.9 Å². The lowest BCUT2D eigenvalue weighted by Crippen LogP contribution is -2.22. The van der Waals surface area contributed by atoms with Gasteiger partial charge in [-0.05, 0) is 0 Å². The fourth-order valence-corrected chi connectivity index (χ4v) is 0.429. The number of hydrogen-bond acceptors (Lipinski definition) is 6. The Bertz CT molecular complexity index is 142. The van der Waals surface area contributed by atoms with E-state index in [2.05, 4.69) is 9.47 Å². The first-order chi connectivity index (χ1) is 5.70. The van der Waals surface area contributed by atoms with Gasteiger partial charge in [0.2, 0.25) is 0 Å². The molecule has 0 bridgehead atoms. The fourth-order valence-electron chi connectivity index (χ4n) is 0.429. The molecule has 0 rings (SSSR count). The summed E-state index contributed by atoms with van der Waals surface area (Å²) in [5.74, 6) is -1.06. The summed E-state index contributed by atoms with van der Waals surface area (Å²) in [6.45, 7) is -0.320. The van der Waals surface area contributed by atoms with Crippen LogP contribution in [0.3, 0.4) is 0 Å². The van der Waals surface area contributed by atoms with Gasteiger partial charge >= 0.3 is 11.9 Å². The lowest BCUT2D eigenvalue weighted by Gasteiger charge is -2.03. The highest BCUT2D eigenvalue weighted by molar-refractivity contribution is 5.72. The third kappa shape index (κ3) is 5.63. The summed E-state index contributed by atoms with van der Waals surface area (Å²) < 4.78 is 9.01. The van der Waals surface area contributed by atoms with E-state index in [4.69, 9.17) is 11.5 Å². The average molecular weight is 176 g/mol. The molecule has 0 amide bonds. The number of carbonyl (C=O) groups excluding carboxylic acids is 2. The lowest BCUT2D eigenvalue weighted by atomic mass is 10.6. The smallest absolute Gasteiger partial charge is 0.319 e. The van der Waals surface area contributed by atoms with E-state index in [1.807, 2.05) is 0 Å². The maximum atomic E-state index is 10.4. The molecule has 0 heterocycles. The van der Waals surface area contributed by atoms with Crippen LogP contribution in [0.5, 0.6) is 0 Å². The quantitative estimate of drug-likeness (QED) is 0.370. The van der Waals surface area contributed by atoms with E-state index in [1.165, 1.54) is 0 Å². The van der Waals surface area contributed by atoms with Gasteiger partial charge in [-0.1, -0.05) is 0 Å². The molecule has 0 aliphatic heterocycles. The Balaban J connectivity index is 3.21. The van der Waals surface area contributed by atoms with E-state index in [9.17, 15) is 9.59 Å². The number of nitrogens with two attached hydrogens (primary N) is 2. The zero-order valence-corrected chi connectivity index (χ0v) is 6.62. The van der Waals surface area contributed by atoms with Crippen molar-refractivity contribution in [2.75, 3.05) is 26.3 Å². The van der Waals surface area contributed by atoms with Crippen molar-refractivity contribution in [3.63, 3.8) is 0 Å². The first kappa shape index (κ1) is 10.9. The topological polar surface area (TPSA) is 105 Å². The van der Waals surface area contributed by atoms with Gasteiger partial charge in [-0.15, -0.1) is 0 Å². The number of rotatable bonds is 5. The van der Waals surface area contributed by atoms with E-state index in [1.54, 1.807) is 0 Å². The molecule has 0 radical (unpaired) electrons. The lowest BCUT2D eigenvalue weighted by molar-refractivity contribution is -0.150. The van der Waals surface area contributed by atoms with Crippen LogP contribution in [0, 0.1) is 0 Å². The summed E-state index contributed by atoms with van der Waals surface area (Å²) in [5, 5.41) is 0. The minimum Gasteiger partial charge on any atom is -0.461 e. The maximum Gasteiger partial charge on any atom is 0.319 e. The van der Waals surface area contributed by atoms with Crippen LogP contribution in [0.1, 0.15) is 0 Å². The Kier molecular flexibility index (Phi) is 5.94. The van der Waals surface area contributed by atoms with Gasteiger partial charge in [0.15, 0.2) is 0 Å². The number of carbonyl (C=O) groups is 2. The fraction of sp³-hybridized carbons (Fsp3) is 0.667. The molecule has 0 saturated carbocycles. The molecule has 0 spiro atoms. The van der Waals surface area contributed by atoms with Crippen LogP contribution in [0.2, 0.25) is 0 Å². The molecule has 4 N–H and O–H groups in total. The van der Waals surface area contributed by atoms with Crippen molar-refractivity contribution in [3.8, 4) is 0 Å². The van der Waals surface area contributed by atoms with Gasteiger partial charge in [-0.2, -0.15) is 0 Å². The number of ether oxygens (including phenoxy) is 2. The molecule has 0 aromatic rings. The van der Waals surface area contributed by atoms with Crippen molar-refractivity contribution < 1.29 is 19.1 Å². The van der Waals surface area contributed by atoms with Crippen molar-refractivity contribution in [2.24, 2.45) is 11.5 Å². The van der Waals surface area contributed by atoms with Crippen LogP contribution in [0.25, 0.3) is 0 Å². The van der Waals surface area contributed by atoms with Crippen molar-refractivity contribution in [1.29, 1.82) is 0 Å². The largest absolute Gasteiger partial charge is 0.461 e. The van der Waals surface area contributed by atoms with Crippen LogP contribution in [-0.2, 0) is 19.1 Å². The molecule has 70 valence electrons. The predicted octanol–water partition coefficient (Wildman–Crippen LogP) is -2.01. The summed E-state index contributed by atoms with van der Waals surface area (Å²) in [6.07, 6.45) is 0. The van der Waals surface area contributed by atoms with E-state index in [-0.39, 0.29) is 26.3 Å². The molecule has 6 nitrogen and oxygen atoms in total. The normalized spacial score (nSPS) is 9.17. The highest BCUT2D eigenvalue weighted by Crippen LogP contribution is 1.79. The maximum absolute atomic E-state index is 10.4. The van der Waals surface area contributed by atoms with Crippen molar-refractivity contribution in [3.05, 3.63) is 0 Å². The summed E-state index contributed by atoms with van der Waals surface area (Å²) >= 11 is 0. The van der Waals surface area contributed by atoms with Gasteiger partial charge in [-0.25, -0.2) is 0 Å². The number of esters is 2. The molecular weight excluding hydrogens is 164 g/mol. The monoisotopic (exact) mass is 176 g/mol. The molecule has 0 aliphatic carbocycles. The average Bonchev–Trinajstić information content (AvgIpc) is 2.11. The van der Waals surface area contributed by atoms with Gasteiger partial charge in [0.1, 0.15) is 13.2 Å². The first-order valence-corrected chi connectivity index (χ1v) is 3.42. The van der Waals surface area contributed by atoms with Gasteiger partial charge in [0.05, 0.1) is 13.1 Å².